The maximum absolute atomic E-state index is 13.5. The van der Waals surface area contributed by atoms with Crippen molar-refractivity contribution in [3.05, 3.63) is 41.2 Å². The van der Waals surface area contributed by atoms with Crippen molar-refractivity contribution >= 4 is 66.8 Å². The van der Waals surface area contributed by atoms with Crippen molar-refractivity contribution in [3.8, 4) is 11.9 Å². The number of hydrogen-bond acceptors (Lipinski definition) is 17. The standard InChI is InChI=1S/C40H63N7O13P2SSi2/c1-23(2)37(48)45-40-44-36-30(38(49)46-40)13-16-47(36)39-35(34-32(56-39)21-54-64(24(3)4,25(5)6)60-65(59-34,26(7)8)27(9)10)58-62(63,52-17-11-14-41)53-20-28-18-29(19-31(28)57-61(50)51)55-33-12-15-42-22-43-33/h12-13,15-16,22-29,31-32,34-35,39,61H,11,17-21H2,1-10H3,(H,50,51)(H2,44,45,46,48,49)/t28-,29-,31+,32-,34-,35-,39-,62+/m1/s1. The molecule has 3 aromatic heterocycles. The number of aromatic amines is 1. The molecule has 0 bridgehead atoms. The number of rotatable bonds is 19. The molecular weight excluding hydrogens is 937 g/mol. The van der Waals surface area contributed by atoms with Gasteiger partial charge in [0.2, 0.25) is 17.7 Å². The fraction of sp³-hybridized carbons (Fsp3) is 0.700. The molecule has 0 radical (unpaired) electrons. The van der Waals surface area contributed by atoms with E-state index < -0.39 is 86.2 Å². The molecule has 3 N–H and O–H groups in total. The summed E-state index contributed by atoms with van der Waals surface area (Å²) in [4.78, 5) is 51.6. The first-order chi connectivity index (χ1) is 30.7. The molecule has 2 aliphatic heterocycles. The fourth-order valence-corrected chi connectivity index (χ4v) is 22.6. The van der Waals surface area contributed by atoms with E-state index >= 15 is 0 Å². The van der Waals surface area contributed by atoms with Gasteiger partial charge in [0.1, 0.15) is 30.7 Å². The zero-order chi connectivity index (χ0) is 47.4. The Bertz CT molecular complexity index is 2270. The molecule has 0 aromatic carbocycles. The maximum Gasteiger partial charge on any atom is 0.335 e. The summed E-state index contributed by atoms with van der Waals surface area (Å²) < 4.78 is 74.1. The van der Waals surface area contributed by atoms with Crippen LogP contribution in [-0.2, 0) is 57.0 Å². The van der Waals surface area contributed by atoms with Gasteiger partial charge in [0.15, 0.2) is 11.9 Å². The Morgan fingerprint density at radius 3 is 2.42 bits per heavy atom. The molecule has 0 spiro atoms. The number of nitrogens with one attached hydrogen (secondary N) is 2. The summed E-state index contributed by atoms with van der Waals surface area (Å²) in [6.45, 7) is 16.2. The largest absolute Gasteiger partial charge is 0.474 e. The second-order valence-electron chi connectivity index (χ2n) is 18.1. The van der Waals surface area contributed by atoms with Crippen LogP contribution in [0.25, 0.3) is 11.0 Å². The molecule has 6 rings (SSSR count). The lowest BCUT2D eigenvalue weighted by Crippen LogP contribution is -2.65. The van der Waals surface area contributed by atoms with Crippen LogP contribution in [0.15, 0.2) is 35.6 Å². The molecule has 3 aromatic rings. The van der Waals surface area contributed by atoms with Crippen LogP contribution in [0.4, 0.5) is 5.95 Å². The summed E-state index contributed by atoms with van der Waals surface area (Å²) in [7, 11) is -9.72. The van der Waals surface area contributed by atoms with Crippen LogP contribution in [0, 0.1) is 23.2 Å². The van der Waals surface area contributed by atoms with Gasteiger partial charge in [-0.2, -0.15) is 10.2 Å². The van der Waals surface area contributed by atoms with E-state index in [4.69, 9.17) is 52.3 Å². The Labute approximate surface area is 387 Å². The SMILES string of the molecule is CC(C)C(=O)Nc1nc2c(ccn2[C@@H]2O[C@@H]3CO[Si](C(C)C)(C(C)C)O[Si](C(C)C)(C(C)C)O[C@H]3[C@H]2O[P@](=S)(OCCC#N)OC[C@H]2C[C@@H](Oc3ccncn3)C[C@@H]2O[PH](=O)O)c(=O)[nH]1. The van der Waals surface area contributed by atoms with E-state index in [1.165, 1.54) is 6.33 Å². The van der Waals surface area contributed by atoms with Crippen LogP contribution in [0.3, 0.4) is 0 Å². The van der Waals surface area contributed by atoms with Crippen molar-refractivity contribution in [1.82, 2.24) is 24.5 Å². The number of amides is 1. The van der Waals surface area contributed by atoms with E-state index in [9.17, 15) is 24.3 Å². The van der Waals surface area contributed by atoms with Crippen molar-refractivity contribution in [2.75, 3.05) is 25.1 Å². The minimum Gasteiger partial charge on any atom is -0.474 e. The summed E-state index contributed by atoms with van der Waals surface area (Å²) in [5.74, 6) is -0.975. The summed E-state index contributed by atoms with van der Waals surface area (Å²) in [6.07, 6.45) is 0.0117. The van der Waals surface area contributed by atoms with Gasteiger partial charge in [0.05, 0.1) is 43.8 Å². The molecule has 3 aliphatic rings. The second-order valence-corrected chi connectivity index (χ2v) is 30.7. The highest BCUT2D eigenvalue weighted by Gasteiger charge is 2.63. The fourth-order valence-electron chi connectivity index (χ4n) is 8.77. The quantitative estimate of drug-likeness (QED) is 0.0613. The topological polar surface area (TPSA) is 250 Å². The maximum atomic E-state index is 13.5. The van der Waals surface area contributed by atoms with E-state index in [-0.39, 0.29) is 77.7 Å². The first-order valence-corrected chi connectivity index (χ1v) is 29.8. The Kier molecular flexibility index (Phi) is 17.2. The lowest BCUT2D eigenvalue weighted by molar-refractivity contribution is -0.118. The van der Waals surface area contributed by atoms with Gasteiger partial charge >= 0.3 is 32.1 Å². The van der Waals surface area contributed by atoms with Crippen LogP contribution >= 0.6 is 15.0 Å². The van der Waals surface area contributed by atoms with Gasteiger partial charge in [-0.05, 0) is 46.5 Å². The highest BCUT2D eigenvalue weighted by Crippen LogP contribution is 2.57. The molecule has 1 unspecified atom stereocenters. The molecule has 3 fully saturated rings. The molecule has 9 atom stereocenters. The van der Waals surface area contributed by atoms with E-state index in [1.807, 2.05) is 0 Å². The van der Waals surface area contributed by atoms with E-state index in [0.717, 1.165) is 0 Å². The molecule has 1 saturated carbocycles. The van der Waals surface area contributed by atoms with Crippen molar-refractivity contribution in [3.63, 3.8) is 0 Å². The molecule has 1 amide bonds. The van der Waals surface area contributed by atoms with Crippen LogP contribution in [-0.4, -0.2) is 103 Å². The zero-order valence-electron chi connectivity index (χ0n) is 38.5. The Hall–Kier alpha value is -2.79. The average molecular weight is 1000 g/mol. The third-order valence-electron chi connectivity index (χ3n) is 12.1. The van der Waals surface area contributed by atoms with Gasteiger partial charge in [0.25, 0.3) is 5.56 Å². The van der Waals surface area contributed by atoms with Gasteiger partial charge < -0.3 is 45.5 Å². The third kappa shape index (κ3) is 11.6. The number of ether oxygens (including phenoxy) is 2. The molecule has 5 heterocycles. The predicted octanol–water partition coefficient (Wildman–Crippen LogP) is 7.14. The monoisotopic (exact) mass is 999 g/mol. The summed E-state index contributed by atoms with van der Waals surface area (Å²) in [5.41, 5.74) is -0.362. The van der Waals surface area contributed by atoms with E-state index in [0.29, 0.717) is 12.3 Å². The zero-order valence-corrected chi connectivity index (χ0v) is 43.2. The number of anilines is 1. The van der Waals surface area contributed by atoms with Gasteiger partial charge in [0, 0.05) is 36.7 Å². The number of carbonyl (C=O) groups is 1. The van der Waals surface area contributed by atoms with E-state index in [1.54, 1.807) is 42.9 Å². The molecular formula is C40H63N7O13P2SSi2. The first kappa shape index (κ1) is 51.6. The van der Waals surface area contributed by atoms with Crippen molar-refractivity contribution in [2.45, 2.75) is 147 Å². The van der Waals surface area contributed by atoms with Crippen LogP contribution in [0.1, 0.15) is 94.7 Å². The highest BCUT2D eigenvalue weighted by atomic mass is 32.5. The lowest BCUT2D eigenvalue weighted by Gasteiger charge is -2.51. The van der Waals surface area contributed by atoms with Crippen LogP contribution in [0.2, 0.25) is 22.2 Å². The van der Waals surface area contributed by atoms with Crippen molar-refractivity contribution in [2.24, 2.45) is 11.8 Å². The molecule has 20 nitrogen and oxygen atoms in total. The van der Waals surface area contributed by atoms with Crippen LogP contribution < -0.4 is 15.6 Å². The van der Waals surface area contributed by atoms with Gasteiger partial charge in [-0.25, -0.2) is 9.97 Å². The number of hydrogen-bond donors (Lipinski definition) is 3. The third-order valence-corrected chi connectivity index (χ3v) is 25.2. The predicted molar refractivity (Wildman–Crippen MR) is 248 cm³/mol. The summed E-state index contributed by atoms with van der Waals surface area (Å²) in [5, 5.41) is 12.5. The normalized spacial score (nSPS) is 26.8. The summed E-state index contributed by atoms with van der Waals surface area (Å²) >= 11 is 6.22. The lowest BCUT2D eigenvalue weighted by atomic mass is 10.1. The Morgan fingerprint density at radius 1 is 1.09 bits per heavy atom. The molecule has 1 aliphatic carbocycles. The number of fused-ring (bicyclic) bond motifs is 2. The minimum atomic E-state index is -3.92. The van der Waals surface area contributed by atoms with Crippen molar-refractivity contribution in [1.29, 1.82) is 5.26 Å². The Morgan fingerprint density at radius 2 is 1.80 bits per heavy atom. The number of H-pyrrole nitrogens is 1. The second kappa shape index (κ2) is 21.7. The average Bonchev–Trinajstić information content (AvgIpc) is 3.91. The highest BCUT2D eigenvalue weighted by molar-refractivity contribution is 8.07. The summed E-state index contributed by atoms with van der Waals surface area (Å²) in [6, 6.07) is 5.28. The molecule has 360 valence electrons. The number of aromatic nitrogens is 5. The minimum absolute atomic E-state index is 0.0376. The molecule has 2 saturated heterocycles. The van der Waals surface area contributed by atoms with E-state index in [2.05, 4.69) is 86.7 Å². The smallest absolute Gasteiger partial charge is 0.335 e. The number of nitriles is 1. The van der Waals surface area contributed by atoms with Gasteiger partial charge in [-0.15, -0.1) is 0 Å². The van der Waals surface area contributed by atoms with Crippen LogP contribution in [0.5, 0.6) is 5.88 Å². The number of carbonyl (C=O) groups excluding carboxylic acids is 1. The molecule has 65 heavy (non-hydrogen) atoms. The molecule has 25 heteroatoms. The van der Waals surface area contributed by atoms with Gasteiger partial charge in [-0.1, -0.05) is 69.2 Å². The number of nitrogens with zero attached hydrogens (tertiary/aromatic N) is 5. The van der Waals surface area contributed by atoms with Gasteiger partial charge in [-0.3, -0.25) is 29.0 Å². The van der Waals surface area contributed by atoms with Crippen molar-refractivity contribution < 1.29 is 54.8 Å². The first-order valence-electron chi connectivity index (χ1n) is 22.1. The Balaban J connectivity index is 1.44.